The molecule has 2 saturated heterocycles. The zero-order valence-electron chi connectivity index (χ0n) is 12.2. The molecule has 0 bridgehead atoms. The molecule has 0 aliphatic carbocycles. The first-order chi connectivity index (χ1) is 9.45. The number of hydrogen-bond donors (Lipinski definition) is 1. The SMILES string of the molecule is Cl.Cl.c1cc([C@H](C2CCOCC2)N2CCNCC2)ccn1. The van der Waals surface area contributed by atoms with Crippen LogP contribution >= 0.6 is 24.8 Å². The lowest BCUT2D eigenvalue weighted by atomic mass is 9.86. The third-order valence-corrected chi connectivity index (χ3v) is 4.31. The Morgan fingerprint density at radius 1 is 1.10 bits per heavy atom. The molecule has 1 N–H and O–H groups in total. The first-order valence-electron chi connectivity index (χ1n) is 7.37. The van der Waals surface area contributed by atoms with Gasteiger partial charge in [-0.15, -0.1) is 24.8 Å². The Labute approximate surface area is 139 Å². The molecule has 0 aromatic carbocycles. The first kappa shape index (κ1) is 18.7. The summed E-state index contributed by atoms with van der Waals surface area (Å²) in [4.78, 5) is 6.80. The van der Waals surface area contributed by atoms with E-state index in [0.29, 0.717) is 12.0 Å². The molecule has 2 fully saturated rings. The lowest BCUT2D eigenvalue weighted by Gasteiger charge is -2.41. The van der Waals surface area contributed by atoms with Crippen LogP contribution in [0.15, 0.2) is 24.5 Å². The Morgan fingerprint density at radius 2 is 1.71 bits per heavy atom. The molecule has 4 nitrogen and oxygen atoms in total. The van der Waals surface area contributed by atoms with Gasteiger partial charge in [-0.1, -0.05) is 0 Å². The molecule has 1 aromatic rings. The van der Waals surface area contributed by atoms with E-state index in [1.54, 1.807) is 0 Å². The summed E-state index contributed by atoms with van der Waals surface area (Å²) in [5, 5.41) is 3.45. The van der Waals surface area contributed by atoms with Gasteiger partial charge in [0, 0.05) is 57.8 Å². The maximum atomic E-state index is 5.53. The Kier molecular flexibility index (Phi) is 8.52. The van der Waals surface area contributed by atoms with Crippen LogP contribution < -0.4 is 5.32 Å². The third kappa shape index (κ3) is 4.80. The summed E-state index contributed by atoms with van der Waals surface area (Å²) in [7, 11) is 0. The summed E-state index contributed by atoms with van der Waals surface area (Å²) in [6, 6.07) is 4.90. The second-order valence-corrected chi connectivity index (χ2v) is 5.46. The molecule has 0 radical (unpaired) electrons. The van der Waals surface area contributed by atoms with Gasteiger partial charge in [-0.3, -0.25) is 9.88 Å². The van der Waals surface area contributed by atoms with Gasteiger partial charge >= 0.3 is 0 Å². The summed E-state index contributed by atoms with van der Waals surface area (Å²) in [5.41, 5.74) is 1.42. The van der Waals surface area contributed by atoms with E-state index in [4.69, 9.17) is 4.74 Å². The van der Waals surface area contributed by atoms with Gasteiger partial charge in [-0.2, -0.15) is 0 Å². The molecular weight excluding hydrogens is 309 g/mol. The van der Waals surface area contributed by atoms with E-state index in [0.717, 1.165) is 39.4 Å². The summed E-state index contributed by atoms with van der Waals surface area (Å²) >= 11 is 0. The molecule has 1 aromatic heterocycles. The van der Waals surface area contributed by atoms with E-state index in [1.807, 2.05) is 12.4 Å². The minimum absolute atomic E-state index is 0. The minimum atomic E-state index is 0. The second-order valence-electron chi connectivity index (χ2n) is 5.46. The van der Waals surface area contributed by atoms with Crippen LogP contribution in [0.1, 0.15) is 24.4 Å². The van der Waals surface area contributed by atoms with Gasteiger partial charge in [0.25, 0.3) is 0 Å². The quantitative estimate of drug-likeness (QED) is 0.920. The van der Waals surface area contributed by atoms with E-state index >= 15 is 0 Å². The van der Waals surface area contributed by atoms with E-state index < -0.39 is 0 Å². The number of aromatic nitrogens is 1. The molecule has 1 atom stereocenters. The normalized spacial score (nSPS) is 21.9. The Balaban J connectivity index is 0.00000110. The molecule has 21 heavy (non-hydrogen) atoms. The highest BCUT2D eigenvalue weighted by atomic mass is 35.5. The largest absolute Gasteiger partial charge is 0.381 e. The average molecular weight is 334 g/mol. The Morgan fingerprint density at radius 3 is 2.33 bits per heavy atom. The molecule has 0 unspecified atom stereocenters. The van der Waals surface area contributed by atoms with Crippen LogP contribution in [-0.4, -0.2) is 49.3 Å². The highest BCUT2D eigenvalue weighted by Gasteiger charge is 2.30. The topological polar surface area (TPSA) is 37.4 Å². The van der Waals surface area contributed by atoms with Gasteiger partial charge < -0.3 is 10.1 Å². The molecular formula is C15H25Cl2N3O. The van der Waals surface area contributed by atoms with Crippen molar-refractivity contribution in [1.29, 1.82) is 0 Å². The van der Waals surface area contributed by atoms with Gasteiger partial charge in [0.2, 0.25) is 0 Å². The molecule has 0 amide bonds. The second kappa shape index (κ2) is 9.59. The fourth-order valence-corrected chi connectivity index (χ4v) is 3.33. The van der Waals surface area contributed by atoms with E-state index in [2.05, 4.69) is 27.3 Å². The van der Waals surface area contributed by atoms with Crippen molar-refractivity contribution in [3.8, 4) is 0 Å². The van der Waals surface area contributed by atoms with Crippen LogP contribution in [0.25, 0.3) is 0 Å². The summed E-state index contributed by atoms with van der Waals surface area (Å²) in [6.07, 6.45) is 6.20. The monoisotopic (exact) mass is 333 g/mol. The molecule has 2 aliphatic heterocycles. The van der Waals surface area contributed by atoms with Crippen LogP contribution in [0.5, 0.6) is 0 Å². The molecule has 6 heteroatoms. The predicted molar refractivity (Wildman–Crippen MR) is 89.5 cm³/mol. The maximum absolute atomic E-state index is 5.53. The number of rotatable bonds is 3. The van der Waals surface area contributed by atoms with E-state index in [1.165, 1.54) is 18.4 Å². The van der Waals surface area contributed by atoms with Crippen LogP contribution in [0.3, 0.4) is 0 Å². The molecule has 3 rings (SSSR count). The van der Waals surface area contributed by atoms with E-state index in [-0.39, 0.29) is 24.8 Å². The Bertz CT molecular complexity index is 364. The minimum Gasteiger partial charge on any atom is -0.381 e. The summed E-state index contributed by atoms with van der Waals surface area (Å²) in [5.74, 6) is 0.717. The van der Waals surface area contributed by atoms with Crippen LogP contribution in [0.4, 0.5) is 0 Å². The van der Waals surface area contributed by atoms with Crippen LogP contribution in [-0.2, 0) is 4.74 Å². The van der Waals surface area contributed by atoms with Crippen molar-refractivity contribution in [3.63, 3.8) is 0 Å². The zero-order chi connectivity index (χ0) is 12.9. The van der Waals surface area contributed by atoms with Gasteiger partial charge in [-0.05, 0) is 36.5 Å². The van der Waals surface area contributed by atoms with Crippen molar-refractivity contribution in [3.05, 3.63) is 30.1 Å². The lowest BCUT2D eigenvalue weighted by Crippen LogP contribution is -2.47. The van der Waals surface area contributed by atoms with Gasteiger partial charge in [0.15, 0.2) is 0 Å². The summed E-state index contributed by atoms with van der Waals surface area (Å²) in [6.45, 7) is 6.32. The number of nitrogens with zero attached hydrogens (tertiary/aromatic N) is 2. The standard InChI is InChI=1S/C15H23N3O.2ClH/c1-5-16-6-2-13(1)15(14-3-11-19-12-4-14)18-9-7-17-8-10-18;;/h1-2,5-6,14-15,17H,3-4,7-12H2;2*1H/t15-;;/m1../s1. The Hall–Kier alpha value is -0.390. The van der Waals surface area contributed by atoms with Gasteiger partial charge in [0.05, 0.1) is 0 Å². The van der Waals surface area contributed by atoms with Crippen molar-refractivity contribution in [1.82, 2.24) is 15.2 Å². The fraction of sp³-hybridized carbons (Fsp3) is 0.667. The van der Waals surface area contributed by atoms with Crippen molar-refractivity contribution in [2.45, 2.75) is 18.9 Å². The molecule has 0 saturated carbocycles. The molecule has 3 heterocycles. The molecule has 2 aliphatic rings. The van der Waals surface area contributed by atoms with Crippen molar-refractivity contribution < 1.29 is 4.74 Å². The maximum Gasteiger partial charge on any atom is 0.0469 e. The number of ether oxygens (including phenoxy) is 1. The number of hydrogen-bond acceptors (Lipinski definition) is 4. The van der Waals surface area contributed by atoms with Crippen LogP contribution in [0, 0.1) is 5.92 Å². The number of halogens is 2. The first-order valence-corrected chi connectivity index (χ1v) is 7.37. The van der Waals surface area contributed by atoms with Crippen molar-refractivity contribution in [2.75, 3.05) is 39.4 Å². The molecule has 120 valence electrons. The average Bonchev–Trinajstić information content (AvgIpc) is 2.51. The molecule has 0 spiro atoms. The highest BCUT2D eigenvalue weighted by Crippen LogP contribution is 2.34. The highest BCUT2D eigenvalue weighted by molar-refractivity contribution is 5.85. The predicted octanol–water partition coefficient (Wildman–Crippen LogP) is 2.30. The number of pyridine rings is 1. The fourth-order valence-electron chi connectivity index (χ4n) is 3.33. The third-order valence-electron chi connectivity index (χ3n) is 4.31. The van der Waals surface area contributed by atoms with Crippen molar-refractivity contribution in [2.24, 2.45) is 5.92 Å². The smallest absolute Gasteiger partial charge is 0.0469 e. The zero-order valence-corrected chi connectivity index (χ0v) is 13.9. The number of nitrogens with one attached hydrogen (secondary N) is 1. The summed E-state index contributed by atoms with van der Waals surface area (Å²) < 4.78 is 5.53. The van der Waals surface area contributed by atoms with Gasteiger partial charge in [-0.25, -0.2) is 0 Å². The van der Waals surface area contributed by atoms with Crippen molar-refractivity contribution >= 4 is 24.8 Å². The van der Waals surface area contributed by atoms with Gasteiger partial charge in [0.1, 0.15) is 0 Å². The number of piperazine rings is 1. The van der Waals surface area contributed by atoms with Crippen LogP contribution in [0.2, 0.25) is 0 Å². The van der Waals surface area contributed by atoms with E-state index in [9.17, 15) is 0 Å². The lowest BCUT2D eigenvalue weighted by molar-refractivity contribution is 0.0213.